The van der Waals surface area contributed by atoms with Crippen LogP contribution in [-0.4, -0.2) is 34.7 Å². The minimum Gasteiger partial charge on any atom is -0.391 e. The lowest BCUT2D eigenvalue weighted by atomic mass is 9.78. The average molecular weight is 253 g/mol. The van der Waals surface area contributed by atoms with Crippen molar-refractivity contribution in [2.75, 3.05) is 13.1 Å². The summed E-state index contributed by atoms with van der Waals surface area (Å²) in [7, 11) is 0. The summed E-state index contributed by atoms with van der Waals surface area (Å²) in [5, 5.41) is 11.0. The number of piperidine rings is 1. The summed E-state index contributed by atoms with van der Waals surface area (Å²) in [6.45, 7) is 6.90. The molecular formula is C16H31NO. The van der Waals surface area contributed by atoms with Gasteiger partial charge in [-0.25, -0.2) is 0 Å². The van der Waals surface area contributed by atoms with Gasteiger partial charge in [0.15, 0.2) is 0 Å². The summed E-state index contributed by atoms with van der Waals surface area (Å²) in [5.41, 5.74) is 0.136. The fraction of sp³-hybridized carbons (Fsp3) is 1.00. The Kier molecular flexibility index (Phi) is 5.08. The van der Waals surface area contributed by atoms with Gasteiger partial charge in [0.1, 0.15) is 0 Å². The van der Waals surface area contributed by atoms with E-state index in [-0.39, 0.29) is 11.6 Å². The van der Waals surface area contributed by atoms with Crippen molar-refractivity contribution in [1.29, 1.82) is 0 Å². The maximum absolute atomic E-state index is 11.0. The Balaban J connectivity index is 2.14. The van der Waals surface area contributed by atoms with Crippen LogP contribution in [0.3, 0.4) is 0 Å². The van der Waals surface area contributed by atoms with E-state index in [2.05, 4.69) is 18.7 Å². The molecule has 1 unspecified atom stereocenters. The number of hydrogen-bond acceptors (Lipinski definition) is 2. The first-order valence-electron chi connectivity index (χ1n) is 8.17. The van der Waals surface area contributed by atoms with E-state index < -0.39 is 0 Å². The molecule has 0 amide bonds. The third-order valence-electron chi connectivity index (χ3n) is 5.50. The van der Waals surface area contributed by atoms with Gasteiger partial charge in [0.25, 0.3) is 0 Å². The van der Waals surface area contributed by atoms with E-state index in [4.69, 9.17) is 0 Å². The number of aliphatic hydroxyl groups is 1. The smallest absolute Gasteiger partial charge is 0.0751 e. The van der Waals surface area contributed by atoms with Gasteiger partial charge in [-0.2, -0.15) is 0 Å². The Morgan fingerprint density at radius 3 is 2.00 bits per heavy atom. The predicted octanol–water partition coefficient (Wildman–Crippen LogP) is 3.58. The summed E-state index contributed by atoms with van der Waals surface area (Å²) in [5.74, 6) is 0.491. The predicted molar refractivity (Wildman–Crippen MR) is 76.7 cm³/mol. The lowest BCUT2D eigenvalue weighted by molar-refractivity contribution is -0.0680. The SMILES string of the molecule is CCC(CC)C(O)C1(N2CCCCC2)CCCC1. The molecule has 2 heteroatoms. The lowest BCUT2D eigenvalue weighted by Crippen LogP contribution is -2.58. The van der Waals surface area contributed by atoms with E-state index >= 15 is 0 Å². The van der Waals surface area contributed by atoms with Crippen molar-refractivity contribution in [3.8, 4) is 0 Å². The van der Waals surface area contributed by atoms with Crippen LogP contribution >= 0.6 is 0 Å². The second-order valence-electron chi connectivity index (χ2n) is 6.38. The van der Waals surface area contributed by atoms with Crippen LogP contribution < -0.4 is 0 Å². The van der Waals surface area contributed by atoms with Gasteiger partial charge >= 0.3 is 0 Å². The molecular weight excluding hydrogens is 222 g/mol. The maximum atomic E-state index is 11.0. The highest BCUT2D eigenvalue weighted by molar-refractivity contribution is 5.02. The van der Waals surface area contributed by atoms with Gasteiger partial charge in [0, 0.05) is 5.54 Å². The van der Waals surface area contributed by atoms with Gasteiger partial charge in [-0.1, -0.05) is 46.0 Å². The largest absolute Gasteiger partial charge is 0.391 e. The molecule has 0 aromatic carbocycles. The Morgan fingerprint density at radius 1 is 0.944 bits per heavy atom. The molecule has 2 aliphatic rings. The summed E-state index contributed by atoms with van der Waals surface area (Å²) >= 11 is 0. The van der Waals surface area contributed by atoms with Crippen LogP contribution in [-0.2, 0) is 0 Å². The molecule has 2 nitrogen and oxygen atoms in total. The molecule has 1 aliphatic heterocycles. The number of hydrogen-bond donors (Lipinski definition) is 1. The van der Waals surface area contributed by atoms with Gasteiger partial charge in [-0.05, 0) is 44.7 Å². The molecule has 0 aromatic rings. The van der Waals surface area contributed by atoms with Crippen LogP contribution in [0.15, 0.2) is 0 Å². The number of rotatable bonds is 5. The lowest BCUT2D eigenvalue weighted by Gasteiger charge is -2.48. The van der Waals surface area contributed by atoms with Crippen LogP contribution in [0.5, 0.6) is 0 Å². The molecule has 0 bridgehead atoms. The van der Waals surface area contributed by atoms with Crippen LogP contribution in [0, 0.1) is 5.92 Å². The van der Waals surface area contributed by atoms with Crippen LogP contribution in [0.4, 0.5) is 0 Å². The van der Waals surface area contributed by atoms with Gasteiger partial charge in [0.2, 0.25) is 0 Å². The third-order valence-corrected chi connectivity index (χ3v) is 5.50. The van der Waals surface area contributed by atoms with Crippen molar-refractivity contribution < 1.29 is 5.11 Å². The van der Waals surface area contributed by atoms with Crippen molar-refractivity contribution in [2.24, 2.45) is 5.92 Å². The van der Waals surface area contributed by atoms with Gasteiger partial charge < -0.3 is 5.11 Å². The van der Waals surface area contributed by atoms with E-state index in [1.807, 2.05) is 0 Å². The molecule has 1 atom stereocenters. The zero-order valence-corrected chi connectivity index (χ0v) is 12.3. The second kappa shape index (κ2) is 6.38. The normalized spacial score (nSPS) is 26.7. The Bertz CT molecular complexity index is 237. The van der Waals surface area contributed by atoms with E-state index in [0.29, 0.717) is 5.92 Å². The van der Waals surface area contributed by atoms with Crippen molar-refractivity contribution in [1.82, 2.24) is 4.90 Å². The van der Waals surface area contributed by atoms with E-state index in [0.717, 1.165) is 12.8 Å². The zero-order chi connectivity index (χ0) is 13.0. The molecule has 0 spiro atoms. The van der Waals surface area contributed by atoms with Crippen molar-refractivity contribution in [3.63, 3.8) is 0 Å². The molecule has 0 radical (unpaired) electrons. The summed E-state index contributed by atoms with van der Waals surface area (Å²) in [6, 6.07) is 0. The van der Waals surface area contributed by atoms with Crippen LogP contribution in [0.25, 0.3) is 0 Å². The Hall–Kier alpha value is -0.0800. The van der Waals surface area contributed by atoms with E-state index in [9.17, 15) is 5.11 Å². The molecule has 2 rings (SSSR count). The summed E-state index contributed by atoms with van der Waals surface area (Å²) < 4.78 is 0. The van der Waals surface area contributed by atoms with Gasteiger partial charge in [-0.3, -0.25) is 4.90 Å². The highest BCUT2D eigenvalue weighted by Gasteiger charge is 2.47. The van der Waals surface area contributed by atoms with Gasteiger partial charge in [-0.15, -0.1) is 0 Å². The third kappa shape index (κ3) is 2.60. The first-order valence-corrected chi connectivity index (χ1v) is 8.17. The first kappa shape index (κ1) is 14.3. The first-order chi connectivity index (χ1) is 8.74. The molecule has 106 valence electrons. The minimum atomic E-state index is -0.104. The molecule has 1 saturated heterocycles. The molecule has 1 aliphatic carbocycles. The number of aliphatic hydroxyl groups excluding tert-OH is 1. The quantitative estimate of drug-likeness (QED) is 0.809. The molecule has 1 saturated carbocycles. The summed E-state index contributed by atoms with van der Waals surface area (Å²) in [4.78, 5) is 2.66. The van der Waals surface area contributed by atoms with Crippen molar-refractivity contribution in [3.05, 3.63) is 0 Å². The monoisotopic (exact) mass is 253 g/mol. The van der Waals surface area contributed by atoms with E-state index in [1.54, 1.807) is 0 Å². The average Bonchev–Trinajstić information content (AvgIpc) is 2.91. The molecule has 2 fully saturated rings. The molecule has 1 N–H and O–H groups in total. The van der Waals surface area contributed by atoms with Crippen molar-refractivity contribution >= 4 is 0 Å². The maximum Gasteiger partial charge on any atom is 0.0751 e. The van der Waals surface area contributed by atoms with Crippen LogP contribution in [0.1, 0.15) is 71.6 Å². The topological polar surface area (TPSA) is 23.5 Å². The molecule has 18 heavy (non-hydrogen) atoms. The fourth-order valence-electron chi connectivity index (χ4n) is 4.30. The summed E-state index contributed by atoms with van der Waals surface area (Å²) in [6.07, 6.45) is 11.3. The highest BCUT2D eigenvalue weighted by atomic mass is 16.3. The van der Waals surface area contributed by atoms with Gasteiger partial charge in [0.05, 0.1) is 6.10 Å². The van der Waals surface area contributed by atoms with Crippen molar-refractivity contribution in [2.45, 2.75) is 83.3 Å². The second-order valence-corrected chi connectivity index (χ2v) is 6.38. The standard InChI is InChI=1S/C16H31NO/c1-3-14(4-2)15(18)16(10-6-7-11-16)17-12-8-5-9-13-17/h14-15,18H,3-13H2,1-2H3. The zero-order valence-electron chi connectivity index (χ0n) is 12.3. The number of likely N-dealkylation sites (tertiary alicyclic amines) is 1. The highest BCUT2D eigenvalue weighted by Crippen LogP contribution is 2.42. The Morgan fingerprint density at radius 2 is 1.50 bits per heavy atom. The molecule has 1 heterocycles. The van der Waals surface area contributed by atoms with Crippen LogP contribution in [0.2, 0.25) is 0 Å². The Labute approximate surface area is 113 Å². The fourth-order valence-corrected chi connectivity index (χ4v) is 4.30. The van der Waals surface area contributed by atoms with E-state index in [1.165, 1.54) is 58.0 Å². The molecule has 0 aromatic heterocycles. The number of nitrogens with zero attached hydrogens (tertiary/aromatic N) is 1. The minimum absolute atomic E-state index is 0.104.